The number of halogens is 3. The summed E-state index contributed by atoms with van der Waals surface area (Å²) in [5.41, 5.74) is 7.15. The van der Waals surface area contributed by atoms with Crippen LogP contribution in [0.25, 0.3) is 0 Å². The van der Waals surface area contributed by atoms with E-state index in [0.717, 1.165) is 35.9 Å². The van der Waals surface area contributed by atoms with E-state index in [1.54, 1.807) is 7.05 Å². The molecule has 3 fully saturated rings. The van der Waals surface area contributed by atoms with Crippen LogP contribution in [-0.2, 0) is 19.9 Å². The van der Waals surface area contributed by atoms with Crippen LogP contribution in [0.3, 0.4) is 0 Å². The number of hydrogen-bond donors (Lipinski definition) is 1. The molecule has 0 bridgehead atoms. The van der Waals surface area contributed by atoms with Crippen LogP contribution < -0.4 is 5.73 Å². The Labute approximate surface area is 286 Å². The molecule has 2 N–H and O–H groups in total. The van der Waals surface area contributed by atoms with Gasteiger partial charge in [-0.15, -0.1) is 0 Å². The first-order valence-corrected chi connectivity index (χ1v) is 17.4. The second-order valence-corrected chi connectivity index (χ2v) is 14.8. The smallest absolute Gasteiger partial charge is 0.226 e. The normalized spacial score (nSPS) is 26.6. The maximum Gasteiger partial charge on any atom is 0.226 e. The molecule has 4 atom stereocenters. The minimum Gasteiger partial charge on any atom is -0.390 e. The maximum absolute atomic E-state index is 15.3. The largest absolute Gasteiger partial charge is 0.390 e. The van der Waals surface area contributed by atoms with E-state index < -0.39 is 34.7 Å². The first kappa shape index (κ1) is 34.9. The van der Waals surface area contributed by atoms with Gasteiger partial charge in [0.25, 0.3) is 0 Å². The average Bonchev–Trinajstić information content (AvgIpc) is 3.64. The summed E-state index contributed by atoms with van der Waals surface area (Å²) in [6, 6.07) is 6.13. The molecular weight excluding hydrogens is 638 g/mol. The van der Waals surface area contributed by atoms with Crippen LogP contribution in [0.4, 0.5) is 8.78 Å². The Kier molecular flexibility index (Phi) is 9.97. The number of hydrogen-bond acceptors (Lipinski definition) is 6. The summed E-state index contributed by atoms with van der Waals surface area (Å²) in [6.45, 7) is 8.27. The summed E-state index contributed by atoms with van der Waals surface area (Å²) in [7, 11) is 3.79. The Bertz CT molecular complexity index is 1590. The molecule has 1 saturated carbocycles. The van der Waals surface area contributed by atoms with Crippen molar-refractivity contribution >= 4 is 29.7 Å². The fourth-order valence-corrected chi connectivity index (χ4v) is 8.73. The van der Waals surface area contributed by atoms with Gasteiger partial charge < -0.3 is 25.0 Å². The van der Waals surface area contributed by atoms with E-state index in [0.29, 0.717) is 74.5 Å². The van der Waals surface area contributed by atoms with E-state index in [4.69, 9.17) is 31.8 Å². The SMILES string of the molecule is CN=C(N=CN)C(C)(C)C1OC2(CCN(C(=O)[C@@H]3CC(N(C)C4CCOCC4)C[C@H]3c3ccc(F)cc3F)CC2)c2nc(C)c(Cl)cc21. The molecule has 48 heavy (non-hydrogen) atoms. The Morgan fingerprint density at radius 3 is 2.50 bits per heavy atom. The number of carbonyl (C=O) groups is 1. The number of aliphatic imine (C=N–C) groups is 2. The number of benzene rings is 1. The van der Waals surface area contributed by atoms with E-state index in [1.807, 2.05) is 31.7 Å². The van der Waals surface area contributed by atoms with Gasteiger partial charge in [0.15, 0.2) is 0 Å². The number of likely N-dealkylation sites (tertiary alicyclic amines) is 1. The zero-order valence-corrected chi connectivity index (χ0v) is 29.3. The molecule has 1 aromatic heterocycles. The third-order valence-corrected chi connectivity index (χ3v) is 11.7. The molecule has 0 radical (unpaired) electrons. The minimum atomic E-state index is -0.724. The van der Waals surface area contributed by atoms with Crippen LogP contribution in [0.15, 0.2) is 34.3 Å². The van der Waals surface area contributed by atoms with Gasteiger partial charge >= 0.3 is 0 Å². The molecule has 3 aliphatic heterocycles. The number of amidine groups is 1. The highest BCUT2D eigenvalue weighted by Gasteiger charge is 2.55. The number of rotatable bonds is 6. The summed E-state index contributed by atoms with van der Waals surface area (Å²) in [4.78, 5) is 32.4. The molecule has 2 unspecified atom stereocenters. The number of carbonyl (C=O) groups excluding carboxylic acids is 1. The van der Waals surface area contributed by atoms with E-state index in [-0.39, 0.29) is 17.9 Å². The number of nitrogens with two attached hydrogens (primary N) is 1. The van der Waals surface area contributed by atoms with Crippen molar-refractivity contribution in [3.8, 4) is 0 Å². The molecule has 4 heterocycles. The summed E-state index contributed by atoms with van der Waals surface area (Å²) >= 11 is 6.61. The zero-order valence-electron chi connectivity index (χ0n) is 28.5. The monoisotopic (exact) mass is 684 g/mol. The minimum absolute atomic E-state index is 0.00878. The highest BCUT2D eigenvalue weighted by molar-refractivity contribution is 6.31. The molecule has 1 aliphatic carbocycles. The quantitative estimate of drug-likeness (QED) is 0.299. The average molecular weight is 685 g/mol. The standard InChI is InChI=1S/C36H47ClF2N6O3/c1-21-29(37)19-28-31(43-21)36(48-32(28)35(2,3)34(41-4)42-20-40)10-12-45(13-11-36)33(46)27-18-24(44(5)23-8-14-47-15-9-23)17-26(27)25-7-6-22(38)16-30(25)39/h6-7,16,19-20,23-24,26-27,32H,8-15,17-18H2,1-5H3,(H2,40,41,42)/t24?,26-,27+,32?/m0/s1. The Morgan fingerprint density at radius 2 is 1.85 bits per heavy atom. The van der Waals surface area contributed by atoms with E-state index in [1.165, 1.54) is 18.5 Å². The summed E-state index contributed by atoms with van der Waals surface area (Å²) in [6.07, 6.45) is 4.98. The van der Waals surface area contributed by atoms with Gasteiger partial charge in [0.1, 0.15) is 23.1 Å². The Balaban J connectivity index is 1.25. The van der Waals surface area contributed by atoms with Crippen molar-refractivity contribution in [3.63, 3.8) is 0 Å². The van der Waals surface area contributed by atoms with Crippen molar-refractivity contribution in [1.29, 1.82) is 0 Å². The van der Waals surface area contributed by atoms with Crippen LogP contribution in [0, 0.1) is 29.9 Å². The fourth-order valence-electron chi connectivity index (χ4n) is 8.57. The second kappa shape index (κ2) is 13.7. The van der Waals surface area contributed by atoms with Crippen LogP contribution in [0.1, 0.15) is 86.9 Å². The molecule has 6 rings (SSSR count). The molecule has 9 nitrogen and oxygen atoms in total. The predicted octanol–water partition coefficient (Wildman–Crippen LogP) is 5.93. The van der Waals surface area contributed by atoms with E-state index in [2.05, 4.69) is 21.9 Å². The van der Waals surface area contributed by atoms with E-state index in [9.17, 15) is 9.18 Å². The van der Waals surface area contributed by atoms with Crippen molar-refractivity contribution < 1.29 is 23.0 Å². The predicted molar refractivity (Wildman–Crippen MR) is 182 cm³/mol. The number of nitrogens with zero attached hydrogens (tertiary/aromatic N) is 5. The van der Waals surface area contributed by atoms with Crippen LogP contribution >= 0.6 is 11.6 Å². The second-order valence-electron chi connectivity index (χ2n) is 14.4. The van der Waals surface area contributed by atoms with Crippen molar-refractivity contribution in [2.24, 2.45) is 27.1 Å². The third-order valence-electron chi connectivity index (χ3n) is 11.3. The molecule has 12 heteroatoms. The Morgan fingerprint density at radius 1 is 1.15 bits per heavy atom. The molecule has 1 aromatic carbocycles. The molecular formula is C36H47ClF2N6O3. The molecule has 1 spiro atoms. The fraction of sp³-hybridized carbons (Fsp3) is 0.611. The van der Waals surface area contributed by atoms with Crippen LogP contribution in [0.2, 0.25) is 5.02 Å². The van der Waals surface area contributed by atoms with Crippen LogP contribution in [0.5, 0.6) is 0 Å². The first-order chi connectivity index (χ1) is 22.9. The van der Waals surface area contributed by atoms with Crippen molar-refractivity contribution in [2.75, 3.05) is 40.4 Å². The van der Waals surface area contributed by atoms with Gasteiger partial charge in [-0.25, -0.2) is 13.8 Å². The molecule has 4 aliphatic rings. The van der Waals surface area contributed by atoms with Gasteiger partial charge in [-0.1, -0.05) is 17.7 Å². The van der Waals surface area contributed by atoms with Crippen LogP contribution in [-0.4, -0.2) is 85.3 Å². The Hall–Kier alpha value is -2.99. The number of ether oxygens (including phenoxy) is 2. The number of fused-ring (bicyclic) bond motifs is 2. The number of pyridine rings is 1. The lowest BCUT2D eigenvalue weighted by Gasteiger charge is -2.41. The third kappa shape index (κ3) is 6.27. The number of aromatic nitrogens is 1. The topological polar surface area (TPSA) is 106 Å². The van der Waals surface area contributed by atoms with Gasteiger partial charge in [-0.05, 0) is 90.0 Å². The summed E-state index contributed by atoms with van der Waals surface area (Å²) in [5.74, 6) is -1.44. The molecule has 2 saturated heterocycles. The molecule has 260 valence electrons. The summed E-state index contributed by atoms with van der Waals surface area (Å²) < 4.78 is 41.8. The lowest BCUT2D eigenvalue weighted by Crippen LogP contribution is -2.48. The maximum atomic E-state index is 15.3. The first-order valence-electron chi connectivity index (χ1n) is 17.0. The van der Waals surface area contributed by atoms with Gasteiger partial charge in [0.2, 0.25) is 5.91 Å². The van der Waals surface area contributed by atoms with Gasteiger partial charge in [-0.2, -0.15) is 0 Å². The highest BCUT2D eigenvalue weighted by Crippen LogP contribution is 2.55. The highest BCUT2D eigenvalue weighted by atomic mass is 35.5. The van der Waals surface area contributed by atoms with E-state index >= 15 is 4.39 Å². The van der Waals surface area contributed by atoms with Crippen molar-refractivity contribution in [1.82, 2.24) is 14.8 Å². The van der Waals surface area contributed by atoms with Crippen molar-refractivity contribution in [2.45, 2.75) is 89.0 Å². The van der Waals surface area contributed by atoms with Gasteiger partial charge in [-0.3, -0.25) is 14.8 Å². The number of aryl methyl sites for hydroxylation is 1. The lowest BCUT2D eigenvalue weighted by atomic mass is 9.80. The summed E-state index contributed by atoms with van der Waals surface area (Å²) in [5, 5.41) is 0.556. The number of amides is 1. The molecule has 1 amide bonds. The lowest BCUT2D eigenvalue weighted by molar-refractivity contribution is -0.152. The molecule has 2 aromatic rings. The number of piperidine rings is 1. The van der Waals surface area contributed by atoms with Crippen molar-refractivity contribution in [3.05, 3.63) is 63.4 Å². The zero-order chi connectivity index (χ0) is 34.4. The van der Waals surface area contributed by atoms with Gasteiger partial charge in [0.05, 0.1) is 34.3 Å². The van der Waals surface area contributed by atoms with Gasteiger partial charge in [0, 0.05) is 63.0 Å².